The summed E-state index contributed by atoms with van der Waals surface area (Å²) in [5, 5.41) is 0. The maximum absolute atomic E-state index is 12.2. The molecule has 2 aliphatic rings. The summed E-state index contributed by atoms with van der Waals surface area (Å²) in [7, 11) is 3.38. The number of carbonyl (C=O) groups is 3. The van der Waals surface area contributed by atoms with Gasteiger partial charge in [-0.3, -0.25) is 14.4 Å². The predicted octanol–water partition coefficient (Wildman–Crippen LogP) is -0.491. The van der Waals surface area contributed by atoms with E-state index >= 15 is 0 Å². The molecule has 0 saturated carbocycles. The molecule has 0 aromatic carbocycles. The average molecular weight is 303 g/mol. The van der Waals surface area contributed by atoms with Crippen LogP contribution < -0.4 is 0 Å². The third-order valence-electron chi connectivity index (χ3n) is 3.08. The molecule has 2 aliphatic heterocycles. The van der Waals surface area contributed by atoms with E-state index in [2.05, 4.69) is 0 Å². The van der Waals surface area contributed by atoms with Gasteiger partial charge in [0.05, 0.1) is 17.5 Å². The van der Waals surface area contributed by atoms with Crippen LogP contribution in [0.5, 0.6) is 0 Å². The lowest BCUT2D eigenvalue weighted by Crippen LogP contribution is -2.49. The van der Waals surface area contributed by atoms with Crippen LogP contribution in [0.15, 0.2) is 0 Å². The molecule has 2 rings (SSSR count). The summed E-state index contributed by atoms with van der Waals surface area (Å²) >= 11 is 3.08. The first kappa shape index (κ1) is 14.5. The summed E-state index contributed by atoms with van der Waals surface area (Å²) in [5.41, 5.74) is 0. The Morgan fingerprint density at radius 2 is 2.05 bits per heavy atom. The Kier molecular flexibility index (Phi) is 4.62. The van der Waals surface area contributed by atoms with Crippen molar-refractivity contribution < 1.29 is 14.4 Å². The highest BCUT2D eigenvalue weighted by Gasteiger charge is 2.36. The zero-order chi connectivity index (χ0) is 14.0. The Bertz CT molecular complexity index is 403. The summed E-state index contributed by atoms with van der Waals surface area (Å²) in [6, 6.07) is -0.391. The third-order valence-corrected chi connectivity index (χ3v) is 5.04. The summed E-state index contributed by atoms with van der Waals surface area (Å²) < 4.78 is 0. The molecular formula is C11H17N3O3S2. The van der Waals surface area contributed by atoms with E-state index in [4.69, 9.17) is 0 Å². The van der Waals surface area contributed by atoms with Crippen molar-refractivity contribution in [2.24, 2.45) is 0 Å². The minimum Gasteiger partial charge on any atom is -0.347 e. The fourth-order valence-corrected chi connectivity index (χ4v) is 4.06. The van der Waals surface area contributed by atoms with Gasteiger partial charge < -0.3 is 14.7 Å². The van der Waals surface area contributed by atoms with E-state index in [-0.39, 0.29) is 24.3 Å². The molecule has 0 aromatic rings. The summed E-state index contributed by atoms with van der Waals surface area (Å²) in [5.74, 6) is 1.98. The van der Waals surface area contributed by atoms with Crippen molar-refractivity contribution in [2.45, 2.75) is 6.04 Å². The smallest absolute Gasteiger partial charge is 0.245 e. The highest BCUT2D eigenvalue weighted by Crippen LogP contribution is 2.23. The van der Waals surface area contributed by atoms with Gasteiger partial charge in [-0.05, 0) is 0 Å². The Labute approximate surface area is 120 Å². The SMILES string of the molecule is CN(C)C(=O)[C@@H]1CSCN1C(=O)CN1CSCC1=O. The number of rotatable bonds is 3. The fourth-order valence-electron chi connectivity index (χ4n) is 1.99. The van der Waals surface area contributed by atoms with Gasteiger partial charge >= 0.3 is 0 Å². The standard InChI is InChI=1S/C11H17N3O3S2/c1-12(2)11(17)8-4-18-7-14(8)9(15)3-13-6-19-5-10(13)16/h8H,3-7H2,1-2H3/t8-/m0/s1. The van der Waals surface area contributed by atoms with Crippen LogP contribution in [-0.4, -0.2) is 82.4 Å². The highest BCUT2D eigenvalue weighted by atomic mass is 32.2. The van der Waals surface area contributed by atoms with Crippen LogP contribution in [0.2, 0.25) is 0 Å². The molecule has 0 aromatic heterocycles. The summed E-state index contributed by atoms with van der Waals surface area (Å²) in [4.78, 5) is 40.4. The van der Waals surface area contributed by atoms with Crippen LogP contribution in [0.25, 0.3) is 0 Å². The van der Waals surface area contributed by atoms with Crippen LogP contribution in [0.3, 0.4) is 0 Å². The first-order valence-electron chi connectivity index (χ1n) is 5.94. The van der Waals surface area contributed by atoms with Crippen LogP contribution in [0.1, 0.15) is 0 Å². The lowest BCUT2D eigenvalue weighted by molar-refractivity contribution is -0.144. The molecule has 0 radical (unpaired) electrons. The van der Waals surface area contributed by atoms with E-state index in [0.29, 0.717) is 23.3 Å². The number of carbonyl (C=O) groups excluding carboxylic acids is 3. The van der Waals surface area contributed by atoms with Crippen molar-refractivity contribution in [2.75, 3.05) is 43.9 Å². The number of thioether (sulfide) groups is 2. The van der Waals surface area contributed by atoms with Crippen molar-refractivity contribution in [1.29, 1.82) is 0 Å². The normalized spacial score (nSPS) is 23.1. The molecule has 0 unspecified atom stereocenters. The minimum absolute atomic E-state index is 0.000635. The van der Waals surface area contributed by atoms with Gasteiger partial charge in [-0.2, -0.15) is 0 Å². The van der Waals surface area contributed by atoms with Crippen LogP contribution >= 0.6 is 23.5 Å². The summed E-state index contributed by atoms with van der Waals surface area (Å²) in [6.07, 6.45) is 0. The van der Waals surface area contributed by atoms with E-state index in [1.807, 2.05) is 0 Å². The maximum Gasteiger partial charge on any atom is 0.245 e. The molecule has 3 amide bonds. The quantitative estimate of drug-likeness (QED) is 0.704. The minimum atomic E-state index is -0.391. The van der Waals surface area contributed by atoms with E-state index in [9.17, 15) is 14.4 Å². The number of hydrogen-bond acceptors (Lipinski definition) is 5. The van der Waals surface area contributed by atoms with E-state index in [1.165, 1.54) is 16.7 Å². The molecule has 2 fully saturated rings. The zero-order valence-corrected chi connectivity index (χ0v) is 12.6. The van der Waals surface area contributed by atoms with Crippen LogP contribution in [0, 0.1) is 0 Å². The van der Waals surface area contributed by atoms with Crippen LogP contribution in [-0.2, 0) is 14.4 Å². The first-order valence-corrected chi connectivity index (χ1v) is 8.25. The second kappa shape index (κ2) is 6.04. The molecule has 0 aliphatic carbocycles. The van der Waals surface area contributed by atoms with Crippen molar-refractivity contribution in [3.63, 3.8) is 0 Å². The molecular weight excluding hydrogens is 286 g/mol. The number of likely N-dealkylation sites (N-methyl/N-ethyl adjacent to an activating group) is 1. The van der Waals surface area contributed by atoms with Gasteiger partial charge in [-0.15, -0.1) is 23.5 Å². The van der Waals surface area contributed by atoms with Gasteiger partial charge in [0.2, 0.25) is 17.7 Å². The lowest BCUT2D eigenvalue weighted by atomic mass is 10.2. The number of nitrogens with zero attached hydrogens (tertiary/aromatic N) is 3. The van der Waals surface area contributed by atoms with E-state index in [0.717, 1.165) is 0 Å². The number of hydrogen-bond donors (Lipinski definition) is 0. The molecule has 19 heavy (non-hydrogen) atoms. The van der Waals surface area contributed by atoms with Gasteiger partial charge in [0.25, 0.3) is 0 Å². The average Bonchev–Trinajstić information content (AvgIpc) is 2.98. The van der Waals surface area contributed by atoms with E-state index in [1.54, 1.807) is 35.7 Å². The Balaban J connectivity index is 1.97. The van der Waals surface area contributed by atoms with Crippen molar-refractivity contribution >= 4 is 41.2 Å². The van der Waals surface area contributed by atoms with Gasteiger partial charge in [-0.25, -0.2) is 0 Å². The molecule has 106 valence electrons. The van der Waals surface area contributed by atoms with E-state index < -0.39 is 6.04 Å². The lowest BCUT2D eigenvalue weighted by Gasteiger charge is -2.27. The third kappa shape index (κ3) is 3.17. The second-order valence-electron chi connectivity index (χ2n) is 4.68. The zero-order valence-electron chi connectivity index (χ0n) is 11.0. The molecule has 8 heteroatoms. The molecule has 1 atom stereocenters. The van der Waals surface area contributed by atoms with Crippen molar-refractivity contribution in [1.82, 2.24) is 14.7 Å². The van der Waals surface area contributed by atoms with Crippen LogP contribution in [0.4, 0.5) is 0 Å². The molecule has 2 saturated heterocycles. The molecule has 0 spiro atoms. The molecule has 0 bridgehead atoms. The Morgan fingerprint density at radius 3 is 2.63 bits per heavy atom. The van der Waals surface area contributed by atoms with Crippen molar-refractivity contribution in [3.05, 3.63) is 0 Å². The first-order chi connectivity index (χ1) is 9.00. The van der Waals surface area contributed by atoms with Gasteiger partial charge in [-0.1, -0.05) is 0 Å². The predicted molar refractivity (Wildman–Crippen MR) is 75.7 cm³/mol. The topological polar surface area (TPSA) is 60.9 Å². The highest BCUT2D eigenvalue weighted by molar-refractivity contribution is 8.00. The number of amides is 3. The molecule has 6 nitrogen and oxygen atoms in total. The largest absolute Gasteiger partial charge is 0.347 e. The van der Waals surface area contributed by atoms with Gasteiger partial charge in [0, 0.05) is 19.8 Å². The Hall–Kier alpha value is -0.890. The van der Waals surface area contributed by atoms with Crippen molar-refractivity contribution in [3.8, 4) is 0 Å². The monoisotopic (exact) mass is 303 g/mol. The summed E-state index contributed by atoms with van der Waals surface area (Å²) in [6.45, 7) is 0.0869. The molecule has 0 N–H and O–H groups in total. The van der Waals surface area contributed by atoms with Gasteiger partial charge in [0.1, 0.15) is 12.6 Å². The maximum atomic E-state index is 12.2. The molecule has 2 heterocycles. The Morgan fingerprint density at radius 1 is 1.32 bits per heavy atom. The fraction of sp³-hybridized carbons (Fsp3) is 0.727. The van der Waals surface area contributed by atoms with Gasteiger partial charge in [0.15, 0.2) is 0 Å². The second-order valence-corrected chi connectivity index (χ2v) is 6.64.